The fourth-order valence-corrected chi connectivity index (χ4v) is 3.52. The van der Waals surface area contributed by atoms with Crippen molar-refractivity contribution in [2.45, 2.75) is 19.0 Å². The number of anilines is 3. The number of aromatic nitrogens is 1. The Morgan fingerprint density at radius 2 is 1.80 bits per heavy atom. The van der Waals surface area contributed by atoms with Gasteiger partial charge in [0, 0.05) is 38.1 Å². The van der Waals surface area contributed by atoms with E-state index in [0.29, 0.717) is 24.5 Å². The number of hydrogen-bond donors (Lipinski definition) is 3. The topological polar surface area (TPSA) is 120 Å². The highest BCUT2D eigenvalue weighted by Gasteiger charge is 2.44. The van der Waals surface area contributed by atoms with Gasteiger partial charge in [-0.3, -0.25) is 4.79 Å². The van der Waals surface area contributed by atoms with Crippen molar-refractivity contribution in [3.8, 4) is 17.2 Å². The largest absolute Gasteiger partial charge is 0.586 e. The lowest BCUT2D eigenvalue weighted by Crippen LogP contribution is -2.28. The number of carbonyl (C=O) groups is 2. The van der Waals surface area contributed by atoms with Crippen molar-refractivity contribution in [1.29, 1.82) is 0 Å². The number of rotatable bonds is 10. The van der Waals surface area contributed by atoms with Gasteiger partial charge in [-0.1, -0.05) is 6.07 Å². The van der Waals surface area contributed by atoms with Crippen LogP contribution in [0.25, 0.3) is 0 Å². The number of halogens is 5. The molecule has 3 N–H and O–H groups in total. The first-order chi connectivity index (χ1) is 18.9. The van der Waals surface area contributed by atoms with E-state index in [0.717, 1.165) is 18.2 Å². The van der Waals surface area contributed by atoms with Crippen LogP contribution >= 0.6 is 0 Å². The molecule has 1 amide bonds. The summed E-state index contributed by atoms with van der Waals surface area (Å²) in [6.07, 6.45) is -7.67. The number of nitrogens with one attached hydrogen (secondary N) is 3. The van der Waals surface area contributed by atoms with Crippen molar-refractivity contribution in [3.63, 3.8) is 0 Å². The number of amides is 1. The molecule has 15 heteroatoms. The number of esters is 1. The fourth-order valence-electron chi connectivity index (χ4n) is 3.52. The Morgan fingerprint density at radius 1 is 1.02 bits per heavy atom. The zero-order chi connectivity index (χ0) is 28.9. The Labute approximate surface area is 223 Å². The number of fused-ring (bicyclic) bond motifs is 1. The molecule has 0 fully saturated rings. The van der Waals surface area contributed by atoms with Gasteiger partial charge in [0.2, 0.25) is 0 Å². The van der Waals surface area contributed by atoms with E-state index in [1.54, 1.807) is 12.1 Å². The number of hydrogen-bond acceptors (Lipinski definition) is 9. The van der Waals surface area contributed by atoms with Crippen LogP contribution in [0.2, 0.25) is 0 Å². The van der Waals surface area contributed by atoms with E-state index in [1.807, 2.05) is 0 Å². The van der Waals surface area contributed by atoms with Crippen molar-refractivity contribution in [2.75, 3.05) is 36.2 Å². The molecular weight excluding hydrogens is 547 g/mol. The number of carbonyl (C=O) groups excluding carboxylic acids is 2. The van der Waals surface area contributed by atoms with E-state index < -0.39 is 30.1 Å². The van der Waals surface area contributed by atoms with Gasteiger partial charge in [-0.15, -0.1) is 8.78 Å². The highest BCUT2D eigenvalue weighted by molar-refractivity contribution is 6.09. The van der Waals surface area contributed by atoms with Gasteiger partial charge in [-0.05, 0) is 42.0 Å². The minimum absolute atomic E-state index is 0.0125. The number of methoxy groups -OCH3 is 1. The highest BCUT2D eigenvalue weighted by Crippen LogP contribution is 2.42. The van der Waals surface area contributed by atoms with E-state index in [-0.39, 0.29) is 35.0 Å². The number of ether oxygens (including phenoxy) is 4. The van der Waals surface area contributed by atoms with Crippen molar-refractivity contribution >= 4 is 29.1 Å². The van der Waals surface area contributed by atoms with Crippen LogP contribution in [0.1, 0.15) is 15.9 Å². The Kier molecular flexibility index (Phi) is 8.23. The average molecular weight is 568 g/mol. The molecule has 0 saturated heterocycles. The molecule has 40 heavy (non-hydrogen) atoms. The van der Waals surface area contributed by atoms with Gasteiger partial charge in [0.1, 0.15) is 5.82 Å². The lowest BCUT2D eigenvalue weighted by Gasteiger charge is -2.17. The van der Waals surface area contributed by atoms with Crippen LogP contribution in [0.15, 0.2) is 54.7 Å². The lowest BCUT2D eigenvalue weighted by atomic mass is 10.1. The summed E-state index contributed by atoms with van der Waals surface area (Å²) in [5.74, 6) is -3.98. The average Bonchev–Trinajstić information content (AvgIpc) is 3.20. The number of para-hydroxylation sites is 1. The molecule has 0 saturated carbocycles. The summed E-state index contributed by atoms with van der Waals surface area (Å²) in [6, 6.07) is 10.3. The first-order valence-corrected chi connectivity index (χ1v) is 11.5. The molecule has 0 aliphatic carbocycles. The van der Waals surface area contributed by atoms with Gasteiger partial charge in [0.15, 0.2) is 17.2 Å². The molecule has 1 aliphatic heterocycles. The Hall–Kier alpha value is -4.66. The molecule has 0 atom stereocenters. The van der Waals surface area contributed by atoms with Crippen LogP contribution in [0, 0.1) is 0 Å². The second kappa shape index (κ2) is 11.6. The van der Waals surface area contributed by atoms with Gasteiger partial charge < -0.3 is 34.9 Å². The number of pyridine rings is 1. The Balaban J connectivity index is 1.59. The second-order valence-corrected chi connectivity index (χ2v) is 8.17. The molecule has 4 rings (SSSR count). The molecule has 212 valence electrons. The monoisotopic (exact) mass is 568 g/mol. The van der Waals surface area contributed by atoms with E-state index in [9.17, 15) is 31.5 Å². The molecular formula is C25H21F5N4O6. The van der Waals surface area contributed by atoms with Crippen LogP contribution in [0.3, 0.4) is 0 Å². The molecule has 0 unspecified atom stereocenters. The molecule has 0 radical (unpaired) electrons. The molecule has 10 nitrogen and oxygen atoms in total. The molecule has 1 aromatic heterocycles. The summed E-state index contributed by atoms with van der Waals surface area (Å²) in [6.45, 7) is 0.881. The third kappa shape index (κ3) is 7.05. The third-order valence-corrected chi connectivity index (χ3v) is 5.27. The first-order valence-electron chi connectivity index (χ1n) is 11.5. The summed E-state index contributed by atoms with van der Waals surface area (Å²) in [5, 5.41) is 8.32. The normalized spacial score (nSPS) is 13.4. The molecule has 0 spiro atoms. The minimum atomic E-state index is -5.29. The number of benzene rings is 2. The van der Waals surface area contributed by atoms with Crippen LogP contribution in [0.4, 0.5) is 39.1 Å². The maximum atomic E-state index is 13.3. The highest BCUT2D eigenvalue weighted by atomic mass is 19.4. The van der Waals surface area contributed by atoms with Gasteiger partial charge in [-0.25, -0.2) is 9.78 Å². The second-order valence-electron chi connectivity index (χ2n) is 8.17. The molecule has 3 aromatic rings. The maximum absolute atomic E-state index is 13.3. The van der Waals surface area contributed by atoms with Crippen LogP contribution in [-0.4, -0.2) is 49.6 Å². The van der Waals surface area contributed by atoms with E-state index in [2.05, 4.69) is 35.1 Å². The summed E-state index contributed by atoms with van der Waals surface area (Å²) in [5.41, 5.74) is 0.211. The Bertz CT molecular complexity index is 1400. The quantitative estimate of drug-likeness (QED) is 0.137. The molecule has 0 bridgehead atoms. The molecule has 2 heterocycles. The fraction of sp³-hybridized carbons (Fsp3) is 0.240. The zero-order valence-corrected chi connectivity index (χ0v) is 20.6. The standard InChI is InChI=1S/C25H21F5N4O6/c1-37-10-9-32-20-11-14(7-8-31-20)13-33-21-16(3-2-4-18(21)38-23(36)24(26,27)28)22(35)34-15-5-6-17-19(12-15)40-25(29,30)39-17/h2-8,11-12,33H,9-10,13H2,1H3,(H,31,32)(H,34,35). The van der Waals surface area contributed by atoms with Gasteiger partial charge in [0.25, 0.3) is 5.91 Å². The number of alkyl halides is 5. The van der Waals surface area contributed by atoms with Gasteiger partial charge in [-0.2, -0.15) is 13.2 Å². The van der Waals surface area contributed by atoms with Crippen LogP contribution in [0.5, 0.6) is 17.2 Å². The van der Waals surface area contributed by atoms with E-state index in [4.69, 9.17) is 4.74 Å². The van der Waals surface area contributed by atoms with Crippen LogP contribution < -0.4 is 30.2 Å². The Morgan fingerprint density at radius 3 is 2.55 bits per heavy atom. The van der Waals surface area contributed by atoms with Gasteiger partial charge in [0.05, 0.1) is 17.9 Å². The number of nitrogens with zero attached hydrogens (tertiary/aromatic N) is 1. The van der Waals surface area contributed by atoms with Crippen molar-refractivity contribution in [2.24, 2.45) is 0 Å². The summed E-state index contributed by atoms with van der Waals surface area (Å²) < 4.78 is 83.6. The SMILES string of the molecule is COCCNc1cc(CNc2c(OC(=O)C(F)(F)F)cccc2C(=O)Nc2ccc3c(c2)OC(F)(F)O3)ccn1. The van der Waals surface area contributed by atoms with Crippen molar-refractivity contribution in [1.82, 2.24) is 4.98 Å². The zero-order valence-electron chi connectivity index (χ0n) is 20.6. The smallest absolute Gasteiger partial charge is 0.418 e. The van der Waals surface area contributed by atoms with E-state index >= 15 is 0 Å². The predicted molar refractivity (Wildman–Crippen MR) is 131 cm³/mol. The van der Waals surface area contributed by atoms with Gasteiger partial charge >= 0.3 is 18.4 Å². The summed E-state index contributed by atoms with van der Waals surface area (Å²) in [7, 11) is 1.54. The third-order valence-electron chi connectivity index (χ3n) is 5.27. The summed E-state index contributed by atoms with van der Waals surface area (Å²) in [4.78, 5) is 28.9. The first kappa shape index (κ1) is 28.4. The maximum Gasteiger partial charge on any atom is 0.586 e. The summed E-state index contributed by atoms with van der Waals surface area (Å²) >= 11 is 0. The molecule has 1 aliphatic rings. The van der Waals surface area contributed by atoms with Crippen molar-refractivity contribution < 1.29 is 50.5 Å². The van der Waals surface area contributed by atoms with E-state index in [1.165, 1.54) is 31.5 Å². The predicted octanol–water partition coefficient (Wildman–Crippen LogP) is 4.79. The lowest BCUT2D eigenvalue weighted by molar-refractivity contribution is -0.286. The molecule has 2 aromatic carbocycles. The minimum Gasteiger partial charge on any atom is -0.418 e. The van der Waals surface area contributed by atoms with Crippen LogP contribution in [-0.2, 0) is 16.1 Å². The van der Waals surface area contributed by atoms with Crippen molar-refractivity contribution in [3.05, 3.63) is 65.9 Å².